The molecule has 0 atom stereocenters. The van der Waals surface area contributed by atoms with Gasteiger partial charge < -0.3 is 9.47 Å². The zero-order valence-electron chi connectivity index (χ0n) is 9.30. The lowest BCUT2D eigenvalue weighted by Gasteiger charge is -2.01. The molecule has 0 saturated heterocycles. The Labute approximate surface area is 89.0 Å². The molecule has 0 aliphatic heterocycles. The molecule has 2 nitrogen and oxygen atoms in total. The number of rotatable bonds is 11. The van der Waals surface area contributed by atoms with Gasteiger partial charge in [0.25, 0.3) is 0 Å². The second-order valence-corrected chi connectivity index (χ2v) is 3.64. The van der Waals surface area contributed by atoms with Gasteiger partial charge in [0.15, 0.2) is 0 Å². The first kappa shape index (κ1) is 13.9. The topological polar surface area (TPSA) is 18.5 Å². The van der Waals surface area contributed by atoms with Crippen molar-refractivity contribution < 1.29 is 9.47 Å². The average Bonchev–Trinajstić information content (AvgIpc) is 2.21. The smallest absolute Gasteiger partial charge is 0.0700 e. The minimum atomic E-state index is 0.806. The second kappa shape index (κ2) is 12.9. The van der Waals surface area contributed by atoms with Crippen LogP contribution in [0.5, 0.6) is 0 Å². The molecule has 0 aromatic rings. The lowest BCUT2D eigenvalue weighted by molar-refractivity contribution is 0.231. The number of hydrogen-bond acceptors (Lipinski definition) is 2. The molecule has 0 N–H and O–H groups in total. The van der Waals surface area contributed by atoms with E-state index in [4.69, 9.17) is 9.47 Å². The van der Waals surface area contributed by atoms with E-state index in [1.54, 1.807) is 0 Å². The van der Waals surface area contributed by atoms with E-state index in [9.17, 15) is 0 Å². The molecule has 0 aliphatic rings. The lowest BCUT2D eigenvalue weighted by atomic mass is 10.1. The van der Waals surface area contributed by atoms with Gasteiger partial charge in [-0.25, -0.2) is 0 Å². The van der Waals surface area contributed by atoms with Crippen LogP contribution in [0.2, 0.25) is 0 Å². The third-order valence-electron chi connectivity index (χ3n) is 2.33. The Morgan fingerprint density at radius 2 is 0.786 bits per heavy atom. The summed E-state index contributed by atoms with van der Waals surface area (Å²) in [6.07, 6.45) is 10.2. The van der Waals surface area contributed by atoms with Crippen molar-refractivity contribution in [3.8, 4) is 0 Å². The van der Waals surface area contributed by atoms with Crippen molar-refractivity contribution in [1.29, 1.82) is 0 Å². The average molecular weight is 200 g/mol. The summed E-state index contributed by atoms with van der Waals surface area (Å²) in [5.41, 5.74) is 0. The predicted molar refractivity (Wildman–Crippen MR) is 59.6 cm³/mol. The summed E-state index contributed by atoms with van der Waals surface area (Å²) < 4.78 is 9.49. The van der Waals surface area contributed by atoms with Gasteiger partial charge in [0.05, 0.1) is 14.2 Å². The van der Waals surface area contributed by atoms with E-state index in [-0.39, 0.29) is 0 Å². The number of hydrogen-bond donors (Lipinski definition) is 0. The summed E-state index contributed by atoms with van der Waals surface area (Å²) in [6.45, 7) is 1.61. The van der Waals surface area contributed by atoms with Crippen molar-refractivity contribution in [2.75, 3.05) is 13.2 Å². The molecule has 0 aromatic heterocycles. The summed E-state index contributed by atoms with van der Waals surface area (Å²) in [5, 5.41) is 0. The van der Waals surface area contributed by atoms with Gasteiger partial charge in [-0.3, -0.25) is 0 Å². The Morgan fingerprint density at radius 1 is 0.500 bits per heavy atom. The van der Waals surface area contributed by atoms with Crippen molar-refractivity contribution in [2.45, 2.75) is 51.4 Å². The Kier molecular flexibility index (Phi) is 12.8. The molecule has 0 aromatic carbocycles. The highest BCUT2D eigenvalue weighted by Gasteiger charge is 1.91. The summed E-state index contributed by atoms with van der Waals surface area (Å²) >= 11 is 0. The highest BCUT2D eigenvalue weighted by Crippen LogP contribution is 2.08. The molecule has 0 rings (SSSR count). The molecule has 0 fully saturated rings. The summed E-state index contributed by atoms with van der Waals surface area (Å²) in [5.74, 6) is 0. The molecule has 2 heteroatoms. The number of unbranched alkanes of at least 4 members (excludes halogenated alkanes) is 7. The van der Waals surface area contributed by atoms with Gasteiger partial charge >= 0.3 is 0 Å². The van der Waals surface area contributed by atoms with Crippen LogP contribution < -0.4 is 0 Å². The van der Waals surface area contributed by atoms with E-state index < -0.39 is 0 Å². The molecule has 14 heavy (non-hydrogen) atoms. The molecule has 0 bridgehead atoms. The molecule has 0 heterocycles. The van der Waals surface area contributed by atoms with Crippen molar-refractivity contribution in [2.24, 2.45) is 0 Å². The second-order valence-electron chi connectivity index (χ2n) is 3.64. The maximum Gasteiger partial charge on any atom is 0.0700 e. The Balaban J connectivity index is 2.78. The molecular weight excluding hydrogens is 176 g/mol. The van der Waals surface area contributed by atoms with Gasteiger partial charge in [0.2, 0.25) is 0 Å². The fraction of sp³-hybridized carbons (Fsp3) is 0.833. The fourth-order valence-corrected chi connectivity index (χ4v) is 1.47. The number of ether oxygens (including phenoxy) is 2. The fourth-order valence-electron chi connectivity index (χ4n) is 1.47. The molecular formula is C12H24O2. The molecule has 0 unspecified atom stereocenters. The minimum Gasteiger partial charge on any atom is -0.379 e. The van der Waals surface area contributed by atoms with Crippen LogP contribution in [-0.2, 0) is 9.47 Å². The Morgan fingerprint density at radius 3 is 1.07 bits per heavy atom. The van der Waals surface area contributed by atoms with Gasteiger partial charge in [0.1, 0.15) is 0 Å². The van der Waals surface area contributed by atoms with Crippen LogP contribution in [0.4, 0.5) is 0 Å². The quantitative estimate of drug-likeness (QED) is 0.473. The third-order valence-corrected chi connectivity index (χ3v) is 2.33. The molecule has 0 saturated carbocycles. The maximum atomic E-state index is 4.74. The van der Waals surface area contributed by atoms with Crippen LogP contribution in [0.3, 0.4) is 0 Å². The summed E-state index contributed by atoms with van der Waals surface area (Å²) in [7, 11) is 6.69. The van der Waals surface area contributed by atoms with Crippen LogP contribution in [0.15, 0.2) is 0 Å². The van der Waals surface area contributed by atoms with Crippen molar-refractivity contribution in [1.82, 2.24) is 0 Å². The molecule has 0 spiro atoms. The van der Waals surface area contributed by atoms with Crippen LogP contribution in [0.25, 0.3) is 0 Å². The van der Waals surface area contributed by atoms with E-state index in [1.807, 2.05) is 0 Å². The van der Waals surface area contributed by atoms with Crippen molar-refractivity contribution in [3.05, 3.63) is 14.2 Å². The molecule has 2 radical (unpaired) electrons. The molecule has 84 valence electrons. The van der Waals surface area contributed by atoms with E-state index in [2.05, 4.69) is 14.2 Å². The largest absolute Gasteiger partial charge is 0.379 e. The van der Waals surface area contributed by atoms with Gasteiger partial charge in [-0.1, -0.05) is 38.5 Å². The zero-order valence-corrected chi connectivity index (χ0v) is 9.30. The van der Waals surface area contributed by atoms with E-state index in [0.717, 1.165) is 26.1 Å². The van der Waals surface area contributed by atoms with Gasteiger partial charge in [-0.2, -0.15) is 0 Å². The summed E-state index contributed by atoms with van der Waals surface area (Å²) in [6, 6.07) is 0. The van der Waals surface area contributed by atoms with Gasteiger partial charge in [0, 0.05) is 13.2 Å². The molecule has 0 aliphatic carbocycles. The van der Waals surface area contributed by atoms with E-state index in [1.165, 1.54) is 38.5 Å². The van der Waals surface area contributed by atoms with Crippen LogP contribution in [0.1, 0.15) is 51.4 Å². The molecule has 0 amide bonds. The first-order valence-electron chi connectivity index (χ1n) is 5.65. The van der Waals surface area contributed by atoms with Crippen LogP contribution in [-0.4, -0.2) is 13.2 Å². The highest BCUT2D eigenvalue weighted by molar-refractivity contribution is 4.46. The Hall–Kier alpha value is -0.0800. The standard InChI is InChI=1S/C12H24O2/c1-13-11-9-7-5-3-4-6-8-10-12-14-2/h1-12H2. The monoisotopic (exact) mass is 200 g/mol. The van der Waals surface area contributed by atoms with Gasteiger partial charge in [-0.15, -0.1) is 0 Å². The maximum absolute atomic E-state index is 4.74. The minimum absolute atomic E-state index is 0.806. The predicted octanol–water partition coefficient (Wildman–Crippen LogP) is 3.72. The van der Waals surface area contributed by atoms with Crippen LogP contribution in [0, 0.1) is 14.2 Å². The SMILES string of the molecule is [CH2]OCCCCCCCCCCO[CH2]. The first-order chi connectivity index (χ1) is 6.91. The van der Waals surface area contributed by atoms with Gasteiger partial charge in [-0.05, 0) is 12.8 Å². The highest BCUT2D eigenvalue weighted by atomic mass is 16.5. The third kappa shape index (κ3) is 11.9. The lowest BCUT2D eigenvalue weighted by Crippen LogP contribution is -1.88. The normalized spacial score (nSPS) is 10.7. The van der Waals surface area contributed by atoms with E-state index >= 15 is 0 Å². The van der Waals surface area contributed by atoms with E-state index in [0.29, 0.717) is 0 Å². The zero-order chi connectivity index (χ0) is 10.5. The first-order valence-corrected chi connectivity index (χ1v) is 5.65. The van der Waals surface area contributed by atoms with Crippen LogP contribution >= 0.6 is 0 Å². The summed E-state index contributed by atoms with van der Waals surface area (Å²) in [4.78, 5) is 0. The van der Waals surface area contributed by atoms with Crippen molar-refractivity contribution >= 4 is 0 Å². The van der Waals surface area contributed by atoms with Crippen molar-refractivity contribution in [3.63, 3.8) is 0 Å². The Bertz CT molecular complexity index is 82.3.